The van der Waals surface area contributed by atoms with Gasteiger partial charge < -0.3 is 10.1 Å². The topological polar surface area (TPSA) is 55.4 Å². The fraction of sp³-hybridized carbons (Fsp3) is 0.176. The molecule has 1 atom stereocenters. The lowest BCUT2D eigenvalue weighted by Gasteiger charge is -2.14. The van der Waals surface area contributed by atoms with E-state index in [0.29, 0.717) is 10.7 Å². The normalized spacial score (nSPS) is 12.1. The van der Waals surface area contributed by atoms with Gasteiger partial charge in [-0.1, -0.05) is 23.7 Å². The van der Waals surface area contributed by atoms with E-state index in [1.165, 1.54) is 24.3 Å². The summed E-state index contributed by atoms with van der Waals surface area (Å²) in [5.74, 6) is -0.975. The number of benzene rings is 1. The minimum Gasteiger partial charge on any atom is -0.449 e. The summed E-state index contributed by atoms with van der Waals surface area (Å²) in [7, 11) is 0. The van der Waals surface area contributed by atoms with Crippen LogP contribution in [-0.4, -0.2) is 18.0 Å². The number of ether oxygens (including phenoxy) is 1. The van der Waals surface area contributed by atoms with Gasteiger partial charge in [-0.2, -0.15) is 0 Å². The van der Waals surface area contributed by atoms with E-state index in [1.807, 2.05) is 24.4 Å². The third kappa shape index (κ3) is 5.23. The largest absolute Gasteiger partial charge is 0.449 e. The molecule has 6 heteroatoms. The summed E-state index contributed by atoms with van der Waals surface area (Å²) in [5, 5.41) is 5.14. The molecule has 1 heterocycles. The minimum atomic E-state index is -0.908. The molecule has 0 aliphatic rings. The number of carbonyl (C=O) groups excluding carboxylic acids is 2. The molecule has 0 saturated heterocycles. The molecule has 2 rings (SSSR count). The number of esters is 1. The number of amides is 1. The number of carbonyl (C=O) groups is 2. The van der Waals surface area contributed by atoms with Gasteiger partial charge in [0.2, 0.25) is 0 Å². The zero-order valence-electron chi connectivity index (χ0n) is 12.7. The summed E-state index contributed by atoms with van der Waals surface area (Å²) in [5.41, 5.74) is 1.47. The van der Waals surface area contributed by atoms with Crippen LogP contribution < -0.4 is 5.32 Å². The van der Waals surface area contributed by atoms with Gasteiger partial charge in [0, 0.05) is 21.7 Å². The van der Waals surface area contributed by atoms with E-state index in [9.17, 15) is 9.59 Å². The smallest absolute Gasteiger partial charge is 0.331 e. The molecule has 0 saturated carbocycles. The van der Waals surface area contributed by atoms with Gasteiger partial charge in [-0.15, -0.1) is 11.3 Å². The second kappa shape index (κ2) is 7.94. The third-order valence-electron chi connectivity index (χ3n) is 3.05. The van der Waals surface area contributed by atoms with Crippen LogP contribution in [0.2, 0.25) is 5.02 Å². The standard InChI is InChI=1S/C17H16ClNO3S/c1-11-5-6-13(18)10-15(11)19-17(21)12(2)22-16(20)8-7-14-4-3-9-23-14/h3-10,12H,1-2H3,(H,19,21)/b8-7+/t12-/m0/s1. The Morgan fingerprint density at radius 1 is 1.35 bits per heavy atom. The molecule has 0 aliphatic heterocycles. The summed E-state index contributed by atoms with van der Waals surface area (Å²) in [4.78, 5) is 24.8. The van der Waals surface area contributed by atoms with E-state index >= 15 is 0 Å². The Morgan fingerprint density at radius 2 is 2.13 bits per heavy atom. The number of hydrogen-bond acceptors (Lipinski definition) is 4. The number of nitrogens with one attached hydrogen (secondary N) is 1. The maximum absolute atomic E-state index is 12.1. The van der Waals surface area contributed by atoms with E-state index < -0.39 is 18.0 Å². The SMILES string of the molecule is Cc1ccc(Cl)cc1NC(=O)[C@H](C)OC(=O)/C=C/c1cccs1. The first-order valence-corrected chi connectivity index (χ1v) is 8.20. The van der Waals surface area contributed by atoms with Crippen LogP contribution in [0.3, 0.4) is 0 Å². The maximum Gasteiger partial charge on any atom is 0.331 e. The van der Waals surface area contributed by atoms with Gasteiger partial charge in [-0.3, -0.25) is 4.79 Å². The van der Waals surface area contributed by atoms with Crippen molar-refractivity contribution in [1.82, 2.24) is 0 Å². The second-order valence-electron chi connectivity index (χ2n) is 4.88. The van der Waals surface area contributed by atoms with Crippen molar-refractivity contribution in [1.29, 1.82) is 0 Å². The molecule has 0 spiro atoms. The predicted molar refractivity (Wildman–Crippen MR) is 93.7 cm³/mol. The van der Waals surface area contributed by atoms with Crippen molar-refractivity contribution in [2.45, 2.75) is 20.0 Å². The molecule has 23 heavy (non-hydrogen) atoms. The van der Waals surface area contributed by atoms with E-state index in [-0.39, 0.29) is 0 Å². The number of aryl methyl sites for hydroxylation is 1. The molecule has 0 bridgehead atoms. The highest BCUT2D eigenvalue weighted by atomic mass is 35.5. The van der Waals surface area contributed by atoms with Crippen molar-refractivity contribution in [3.63, 3.8) is 0 Å². The van der Waals surface area contributed by atoms with Gasteiger partial charge in [0.15, 0.2) is 6.10 Å². The minimum absolute atomic E-state index is 0.409. The molecule has 0 unspecified atom stereocenters. The van der Waals surface area contributed by atoms with Crippen LogP contribution in [0.5, 0.6) is 0 Å². The van der Waals surface area contributed by atoms with Crippen molar-refractivity contribution in [2.24, 2.45) is 0 Å². The molecular formula is C17H16ClNO3S. The van der Waals surface area contributed by atoms with E-state index in [4.69, 9.17) is 16.3 Å². The van der Waals surface area contributed by atoms with Crippen LogP contribution in [0.4, 0.5) is 5.69 Å². The highest BCUT2D eigenvalue weighted by molar-refractivity contribution is 7.10. The summed E-state index contributed by atoms with van der Waals surface area (Å²) >= 11 is 7.42. The van der Waals surface area contributed by atoms with Crippen molar-refractivity contribution in [3.05, 3.63) is 57.3 Å². The molecule has 1 N–H and O–H groups in total. The number of halogens is 1. The zero-order chi connectivity index (χ0) is 16.8. The van der Waals surface area contributed by atoms with E-state index in [1.54, 1.807) is 24.3 Å². The van der Waals surface area contributed by atoms with Crippen molar-refractivity contribution >= 4 is 46.6 Å². The molecule has 120 valence electrons. The molecule has 1 aromatic carbocycles. The van der Waals surface area contributed by atoms with Gasteiger partial charge >= 0.3 is 5.97 Å². The van der Waals surface area contributed by atoms with Crippen LogP contribution in [0.15, 0.2) is 41.8 Å². The lowest BCUT2D eigenvalue weighted by Crippen LogP contribution is -2.29. The van der Waals surface area contributed by atoms with Crippen LogP contribution in [-0.2, 0) is 14.3 Å². The van der Waals surface area contributed by atoms with Gasteiger partial charge in [-0.25, -0.2) is 4.79 Å². The molecular weight excluding hydrogens is 334 g/mol. The van der Waals surface area contributed by atoms with Crippen molar-refractivity contribution in [3.8, 4) is 0 Å². The number of rotatable bonds is 5. The second-order valence-corrected chi connectivity index (χ2v) is 6.29. The highest BCUT2D eigenvalue weighted by Crippen LogP contribution is 2.20. The van der Waals surface area contributed by atoms with Gasteiger partial charge in [-0.05, 0) is 49.1 Å². The first-order chi connectivity index (χ1) is 11.0. The summed E-state index contributed by atoms with van der Waals surface area (Å²) in [6, 6.07) is 8.97. The molecule has 0 fully saturated rings. The predicted octanol–water partition coefficient (Wildman–Crippen LogP) is 4.29. The van der Waals surface area contributed by atoms with E-state index in [0.717, 1.165) is 10.4 Å². The quantitative estimate of drug-likeness (QED) is 0.647. The number of hydrogen-bond donors (Lipinski definition) is 1. The van der Waals surface area contributed by atoms with Crippen LogP contribution in [0, 0.1) is 6.92 Å². The Kier molecular flexibility index (Phi) is 5.96. The summed E-state index contributed by atoms with van der Waals surface area (Å²) in [6.07, 6.45) is 2.05. The molecule has 1 amide bonds. The zero-order valence-corrected chi connectivity index (χ0v) is 14.3. The lowest BCUT2D eigenvalue weighted by atomic mass is 10.2. The Hall–Kier alpha value is -2.11. The summed E-state index contributed by atoms with van der Waals surface area (Å²) in [6.45, 7) is 3.37. The maximum atomic E-state index is 12.1. The molecule has 4 nitrogen and oxygen atoms in total. The molecule has 1 aromatic heterocycles. The fourth-order valence-corrected chi connectivity index (χ4v) is 2.56. The lowest BCUT2D eigenvalue weighted by molar-refractivity contribution is -0.148. The summed E-state index contributed by atoms with van der Waals surface area (Å²) < 4.78 is 5.09. The third-order valence-corrected chi connectivity index (χ3v) is 4.12. The van der Waals surface area contributed by atoms with Crippen molar-refractivity contribution in [2.75, 3.05) is 5.32 Å². The van der Waals surface area contributed by atoms with Crippen LogP contribution >= 0.6 is 22.9 Å². The molecule has 2 aromatic rings. The molecule has 0 radical (unpaired) electrons. The van der Waals surface area contributed by atoms with Crippen molar-refractivity contribution < 1.29 is 14.3 Å². The average Bonchev–Trinajstić information content (AvgIpc) is 3.02. The molecule has 0 aliphatic carbocycles. The van der Waals surface area contributed by atoms with Gasteiger partial charge in [0.25, 0.3) is 5.91 Å². The average molecular weight is 350 g/mol. The number of thiophene rings is 1. The monoisotopic (exact) mass is 349 g/mol. The Balaban J connectivity index is 1.92. The van der Waals surface area contributed by atoms with Crippen LogP contribution in [0.1, 0.15) is 17.4 Å². The Morgan fingerprint density at radius 3 is 2.83 bits per heavy atom. The first-order valence-electron chi connectivity index (χ1n) is 6.95. The Labute approximate surface area is 143 Å². The number of anilines is 1. The van der Waals surface area contributed by atoms with Crippen LogP contribution in [0.25, 0.3) is 6.08 Å². The van der Waals surface area contributed by atoms with E-state index in [2.05, 4.69) is 5.32 Å². The fourth-order valence-electron chi connectivity index (χ4n) is 1.77. The van der Waals surface area contributed by atoms with Gasteiger partial charge in [0.05, 0.1) is 0 Å². The first kappa shape index (κ1) is 17.2. The highest BCUT2D eigenvalue weighted by Gasteiger charge is 2.17. The Bertz CT molecular complexity index is 725. The van der Waals surface area contributed by atoms with Gasteiger partial charge in [0.1, 0.15) is 0 Å².